The molecule has 150 valence electrons. The molecule has 1 saturated heterocycles. The molecule has 1 aliphatic heterocycles. The van der Waals surface area contributed by atoms with Crippen molar-refractivity contribution in [1.29, 1.82) is 0 Å². The molecule has 3 rings (SSSR count). The molecule has 1 fully saturated rings. The normalized spacial score (nSPS) is 16.0. The van der Waals surface area contributed by atoms with Crippen LogP contribution in [-0.2, 0) is 16.2 Å². The summed E-state index contributed by atoms with van der Waals surface area (Å²) in [6, 6.07) is 13.2. The first-order chi connectivity index (χ1) is 13.2. The maximum Gasteiger partial charge on any atom is 0.418 e. The Morgan fingerprint density at radius 1 is 0.929 bits per heavy atom. The van der Waals surface area contributed by atoms with Crippen LogP contribution in [0.15, 0.2) is 59.5 Å². The zero-order chi connectivity index (χ0) is 20.4. The van der Waals surface area contributed by atoms with Crippen LogP contribution in [0, 0.1) is 0 Å². The first kappa shape index (κ1) is 20.6. The Kier molecular flexibility index (Phi) is 5.92. The van der Waals surface area contributed by atoms with E-state index >= 15 is 0 Å². The number of para-hydroxylation sites is 1. The molecule has 5 nitrogen and oxygen atoms in total. The van der Waals surface area contributed by atoms with Crippen molar-refractivity contribution in [3.63, 3.8) is 0 Å². The Labute approximate surface area is 166 Å². The summed E-state index contributed by atoms with van der Waals surface area (Å²) in [4.78, 5) is 1.88. The lowest BCUT2D eigenvalue weighted by molar-refractivity contribution is -0.136. The zero-order valence-electron chi connectivity index (χ0n) is 14.7. The third-order valence-electron chi connectivity index (χ3n) is 4.38. The van der Waals surface area contributed by atoms with Gasteiger partial charge in [-0.05, 0) is 36.5 Å². The number of hydrogen-bond acceptors (Lipinski definition) is 3. The summed E-state index contributed by atoms with van der Waals surface area (Å²) in [7, 11) is -3.60. The van der Waals surface area contributed by atoms with Crippen LogP contribution in [-0.4, -0.2) is 48.9 Å². The van der Waals surface area contributed by atoms with E-state index in [0.717, 1.165) is 6.07 Å². The van der Waals surface area contributed by atoms with E-state index in [0.29, 0.717) is 0 Å². The van der Waals surface area contributed by atoms with Crippen molar-refractivity contribution in [3.8, 4) is 0 Å². The standard InChI is InChI=1S/C18H18F3N3O2S2/c19-18(20,21)15-8-4-5-9-16(15)22-17(27)23-10-12-24(13-11-23)28(25,26)14-6-2-1-3-7-14/h1-9H,10-13H2,(H,22,27). The second kappa shape index (κ2) is 8.06. The van der Waals surface area contributed by atoms with E-state index in [2.05, 4.69) is 5.32 Å². The van der Waals surface area contributed by atoms with E-state index < -0.39 is 21.8 Å². The highest BCUT2D eigenvalue weighted by molar-refractivity contribution is 7.89. The van der Waals surface area contributed by atoms with E-state index in [4.69, 9.17) is 12.2 Å². The van der Waals surface area contributed by atoms with Crippen molar-refractivity contribution in [2.45, 2.75) is 11.1 Å². The van der Waals surface area contributed by atoms with Gasteiger partial charge < -0.3 is 10.2 Å². The van der Waals surface area contributed by atoms with Gasteiger partial charge in [0.2, 0.25) is 10.0 Å². The quantitative estimate of drug-likeness (QED) is 0.758. The molecule has 0 radical (unpaired) electrons. The Morgan fingerprint density at radius 2 is 1.50 bits per heavy atom. The van der Waals surface area contributed by atoms with Crippen LogP contribution in [0.2, 0.25) is 0 Å². The molecule has 1 aliphatic rings. The molecular weight excluding hydrogens is 411 g/mol. The fraction of sp³-hybridized carbons (Fsp3) is 0.278. The number of alkyl halides is 3. The first-order valence-electron chi connectivity index (χ1n) is 8.47. The van der Waals surface area contributed by atoms with Gasteiger partial charge in [0.05, 0.1) is 16.1 Å². The summed E-state index contributed by atoms with van der Waals surface area (Å²) in [5, 5.41) is 2.77. The number of halogens is 3. The minimum Gasteiger partial charge on any atom is -0.346 e. The van der Waals surface area contributed by atoms with Crippen molar-refractivity contribution in [2.75, 3.05) is 31.5 Å². The van der Waals surface area contributed by atoms with Gasteiger partial charge in [-0.2, -0.15) is 17.5 Å². The van der Waals surface area contributed by atoms with Gasteiger partial charge in [-0.25, -0.2) is 8.42 Å². The second-order valence-electron chi connectivity index (χ2n) is 6.18. The van der Waals surface area contributed by atoms with Crippen LogP contribution >= 0.6 is 12.2 Å². The Bertz CT molecular complexity index is 942. The molecule has 0 unspecified atom stereocenters. The van der Waals surface area contributed by atoms with E-state index in [1.807, 2.05) is 0 Å². The van der Waals surface area contributed by atoms with Gasteiger partial charge in [0, 0.05) is 26.2 Å². The number of sulfonamides is 1. The van der Waals surface area contributed by atoms with Gasteiger partial charge in [0.1, 0.15) is 0 Å². The van der Waals surface area contributed by atoms with Crippen LogP contribution < -0.4 is 5.32 Å². The zero-order valence-corrected chi connectivity index (χ0v) is 16.3. The minimum absolute atomic E-state index is 0.126. The monoisotopic (exact) mass is 429 g/mol. The summed E-state index contributed by atoms with van der Waals surface area (Å²) in [6.07, 6.45) is -4.50. The number of nitrogens with one attached hydrogen (secondary N) is 1. The predicted molar refractivity (Wildman–Crippen MR) is 104 cm³/mol. The van der Waals surface area contributed by atoms with Crippen LogP contribution in [0.3, 0.4) is 0 Å². The highest BCUT2D eigenvalue weighted by atomic mass is 32.2. The average Bonchev–Trinajstić information content (AvgIpc) is 2.68. The molecule has 1 heterocycles. The third kappa shape index (κ3) is 4.45. The molecule has 28 heavy (non-hydrogen) atoms. The molecule has 2 aromatic carbocycles. The smallest absolute Gasteiger partial charge is 0.346 e. The van der Waals surface area contributed by atoms with Crippen molar-refractivity contribution in [2.24, 2.45) is 0 Å². The van der Waals surface area contributed by atoms with E-state index in [-0.39, 0.29) is 41.9 Å². The lowest BCUT2D eigenvalue weighted by Gasteiger charge is -2.35. The first-order valence-corrected chi connectivity index (χ1v) is 10.3. The van der Waals surface area contributed by atoms with Crippen molar-refractivity contribution >= 4 is 33.0 Å². The predicted octanol–water partition coefficient (Wildman–Crippen LogP) is 3.41. The highest BCUT2D eigenvalue weighted by Gasteiger charge is 2.34. The summed E-state index contributed by atoms with van der Waals surface area (Å²) >= 11 is 5.24. The summed E-state index contributed by atoms with van der Waals surface area (Å²) in [5.74, 6) is 0. The number of rotatable bonds is 3. The minimum atomic E-state index is -4.50. The summed E-state index contributed by atoms with van der Waals surface area (Å²) in [5.41, 5.74) is -0.929. The molecule has 0 atom stereocenters. The molecule has 0 aromatic heterocycles. The summed E-state index contributed by atoms with van der Waals surface area (Å²) in [6.45, 7) is 0.956. The van der Waals surface area contributed by atoms with Crippen molar-refractivity contribution in [3.05, 3.63) is 60.2 Å². The van der Waals surface area contributed by atoms with Gasteiger partial charge in [0.15, 0.2) is 5.11 Å². The van der Waals surface area contributed by atoms with Gasteiger partial charge >= 0.3 is 6.18 Å². The largest absolute Gasteiger partial charge is 0.418 e. The fourth-order valence-corrected chi connectivity index (χ4v) is 4.64. The lowest BCUT2D eigenvalue weighted by atomic mass is 10.1. The molecule has 2 aromatic rings. The summed E-state index contributed by atoms with van der Waals surface area (Å²) < 4.78 is 66.0. The highest BCUT2D eigenvalue weighted by Crippen LogP contribution is 2.34. The van der Waals surface area contributed by atoms with Gasteiger partial charge in [-0.1, -0.05) is 30.3 Å². The lowest BCUT2D eigenvalue weighted by Crippen LogP contribution is -2.51. The van der Waals surface area contributed by atoms with Crippen molar-refractivity contribution < 1.29 is 21.6 Å². The van der Waals surface area contributed by atoms with Gasteiger partial charge in [-0.3, -0.25) is 0 Å². The van der Waals surface area contributed by atoms with E-state index in [9.17, 15) is 21.6 Å². The Morgan fingerprint density at radius 3 is 2.11 bits per heavy atom. The van der Waals surface area contributed by atoms with Crippen LogP contribution in [0.25, 0.3) is 0 Å². The molecule has 0 bridgehead atoms. The second-order valence-corrected chi connectivity index (χ2v) is 8.50. The van der Waals surface area contributed by atoms with Crippen LogP contribution in [0.4, 0.5) is 18.9 Å². The van der Waals surface area contributed by atoms with E-state index in [1.54, 1.807) is 23.1 Å². The number of hydrogen-bond donors (Lipinski definition) is 1. The molecule has 10 heteroatoms. The number of anilines is 1. The van der Waals surface area contributed by atoms with Crippen LogP contribution in [0.1, 0.15) is 5.56 Å². The Hall–Kier alpha value is -2.17. The average molecular weight is 429 g/mol. The molecule has 0 spiro atoms. The molecule has 1 N–H and O–H groups in total. The van der Waals surface area contributed by atoms with Crippen LogP contribution in [0.5, 0.6) is 0 Å². The number of benzene rings is 2. The maximum absolute atomic E-state index is 13.1. The number of piperazine rings is 1. The number of thiocarbonyl (C=S) groups is 1. The Balaban J connectivity index is 1.65. The van der Waals surface area contributed by atoms with Gasteiger partial charge in [-0.15, -0.1) is 0 Å². The number of nitrogens with zero attached hydrogens (tertiary/aromatic N) is 2. The van der Waals surface area contributed by atoms with E-state index in [1.165, 1.54) is 34.6 Å². The molecule has 0 amide bonds. The fourth-order valence-electron chi connectivity index (χ4n) is 2.91. The van der Waals surface area contributed by atoms with Gasteiger partial charge in [0.25, 0.3) is 0 Å². The maximum atomic E-state index is 13.1. The topological polar surface area (TPSA) is 52.7 Å². The molecular formula is C18H18F3N3O2S2. The molecule has 0 aliphatic carbocycles. The van der Waals surface area contributed by atoms with Crippen molar-refractivity contribution in [1.82, 2.24) is 9.21 Å². The SMILES string of the molecule is O=S(=O)(c1ccccc1)N1CCN(C(=S)Nc2ccccc2C(F)(F)F)CC1. The third-order valence-corrected chi connectivity index (χ3v) is 6.65. The molecule has 0 saturated carbocycles.